The highest BCUT2D eigenvalue weighted by atomic mass is 35.5. The summed E-state index contributed by atoms with van der Waals surface area (Å²) in [5.41, 5.74) is 2.40. The molecule has 0 saturated carbocycles. The molecule has 3 nitrogen and oxygen atoms in total. The molecule has 1 atom stereocenters. The van der Waals surface area contributed by atoms with Crippen LogP contribution in [0.2, 0.25) is 5.02 Å². The Labute approximate surface area is 124 Å². The van der Waals surface area contributed by atoms with Gasteiger partial charge in [-0.1, -0.05) is 43.6 Å². The molecule has 1 heterocycles. The molecule has 1 unspecified atom stereocenters. The number of hydrogen-bond donors (Lipinski definition) is 1. The quantitative estimate of drug-likeness (QED) is 0.900. The molecule has 2 rings (SSSR count). The summed E-state index contributed by atoms with van der Waals surface area (Å²) in [5, 5.41) is 3.28. The number of aromatic nitrogens is 1. The predicted molar refractivity (Wildman–Crippen MR) is 82.3 cm³/mol. The van der Waals surface area contributed by atoms with Crippen molar-refractivity contribution in [2.75, 3.05) is 5.32 Å². The summed E-state index contributed by atoms with van der Waals surface area (Å²) >= 11 is 5.99. The second-order valence-electron chi connectivity index (χ2n) is 4.71. The van der Waals surface area contributed by atoms with Crippen LogP contribution in [0.4, 0.5) is 5.69 Å². The lowest BCUT2D eigenvalue weighted by molar-refractivity contribution is 0.102. The first kappa shape index (κ1) is 14.5. The van der Waals surface area contributed by atoms with E-state index in [1.165, 1.54) is 6.20 Å². The standard InChI is InChI=1S/C16H17ClN2O/c1-3-11(2)12-6-4-5-7-15(12)19-16(20)13-8-9-18-10-14(13)17/h4-11H,3H2,1-2H3,(H,19,20). The van der Waals surface area contributed by atoms with Crippen LogP contribution in [-0.2, 0) is 0 Å². The van der Waals surface area contributed by atoms with E-state index in [2.05, 4.69) is 24.1 Å². The molecular formula is C16H17ClN2O. The number of carbonyl (C=O) groups excluding carboxylic acids is 1. The molecule has 0 aliphatic heterocycles. The SMILES string of the molecule is CCC(C)c1ccccc1NC(=O)c1ccncc1Cl. The summed E-state index contributed by atoms with van der Waals surface area (Å²) in [4.78, 5) is 16.2. The van der Waals surface area contributed by atoms with Crippen molar-refractivity contribution >= 4 is 23.2 Å². The Morgan fingerprint density at radius 3 is 2.80 bits per heavy atom. The fourth-order valence-electron chi connectivity index (χ4n) is 2.01. The van der Waals surface area contributed by atoms with Gasteiger partial charge in [0.25, 0.3) is 5.91 Å². The van der Waals surface area contributed by atoms with Gasteiger partial charge in [-0.3, -0.25) is 9.78 Å². The lowest BCUT2D eigenvalue weighted by Crippen LogP contribution is -2.14. The zero-order valence-corrected chi connectivity index (χ0v) is 12.3. The molecule has 4 heteroatoms. The van der Waals surface area contributed by atoms with Crippen molar-refractivity contribution in [3.63, 3.8) is 0 Å². The van der Waals surface area contributed by atoms with Gasteiger partial charge in [-0.15, -0.1) is 0 Å². The highest BCUT2D eigenvalue weighted by Gasteiger charge is 2.14. The average Bonchev–Trinajstić information content (AvgIpc) is 2.47. The number of hydrogen-bond acceptors (Lipinski definition) is 2. The van der Waals surface area contributed by atoms with Crippen molar-refractivity contribution in [1.29, 1.82) is 0 Å². The minimum absolute atomic E-state index is 0.215. The maximum absolute atomic E-state index is 12.3. The van der Waals surface area contributed by atoms with E-state index < -0.39 is 0 Å². The smallest absolute Gasteiger partial charge is 0.257 e. The van der Waals surface area contributed by atoms with Gasteiger partial charge in [0, 0.05) is 18.1 Å². The van der Waals surface area contributed by atoms with Crippen molar-refractivity contribution in [2.45, 2.75) is 26.2 Å². The molecule has 1 N–H and O–H groups in total. The summed E-state index contributed by atoms with van der Waals surface area (Å²) in [6.45, 7) is 4.27. The van der Waals surface area contributed by atoms with E-state index in [1.54, 1.807) is 12.3 Å². The predicted octanol–water partition coefficient (Wildman–Crippen LogP) is 4.50. The zero-order chi connectivity index (χ0) is 14.5. The molecule has 0 aliphatic carbocycles. The van der Waals surface area contributed by atoms with Crippen molar-refractivity contribution in [2.24, 2.45) is 0 Å². The lowest BCUT2D eigenvalue weighted by Gasteiger charge is -2.15. The number of nitrogens with zero attached hydrogens (tertiary/aromatic N) is 1. The number of amides is 1. The Balaban J connectivity index is 2.27. The van der Waals surface area contributed by atoms with Crippen molar-refractivity contribution < 1.29 is 4.79 Å². The summed E-state index contributed by atoms with van der Waals surface area (Å²) in [6.07, 6.45) is 4.04. The van der Waals surface area contributed by atoms with Crippen LogP contribution >= 0.6 is 11.6 Å². The highest BCUT2D eigenvalue weighted by molar-refractivity contribution is 6.34. The average molecular weight is 289 g/mol. The maximum Gasteiger partial charge on any atom is 0.257 e. The number of nitrogens with one attached hydrogen (secondary N) is 1. The van der Waals surface area contributed by atoms with Crippen LogP contribution in [0.5, 0.6) is 0 Å². The fraction of sp³-hybridized carbons (Fsp3) is 0.250. The molecule has 0 aliphatic rings. The van der Waals surface area contributed by atoms with Crippen LogP contribution in [0.3, 0.4) is 0 Å². The molecule has 0 fully saturated rings. The van der Waals surface area contributed by atoms with E-state index in [-0.39, 0.29) is 5.91 Å². The van der Waals surface area contributed by atoms with Gasteiger partial charge >= 0.3 is 0 Å². The van der Waals surface area contributed by atoms with Gasteiger partial charge < -0.3 is 5.32 Å². The Kier molecular flexibility index (Phi) is 4.74. The zero-order valence-electron chi connectivity index (χ0n) is 11.6. The Hall–Kier alpha value is -1.87. The van der Waals surface area contributed by atoms with Gasteiger partial charge in [0.2, 0.25) is 0 Å². The van der Waals surface area contributed by atoms with Gasteiger partial charge in [-0.2, -0.15) is 0 Å². The number of pyridine rings is 1. The van der Waals surface area contributed by atoms with E-state index in [1.807, 2.05) is 24.3 Å². The minimum Gasteiger partial charge on any atom is -0.322 e. The summed E-state index contributed by atoms with van der Waals surface area (Å²) in [6, 6.07) is 9.46. The van der Waals surface area contributed by atoms with Crippen molar-refractivity contribution in [3.8, 4) is 0 Å². The van der Waals surface area contributed by atoms with Crippen LogP contribution in [0, 0.1) is 0 Å². The Morgan fingerprint density at radius 1 is 1.35 bits per heavy atom. The van der Waals surface area contributed by atoms with Gasteiger partial charge in [-0.05, 0) is 30.0 Å². The first-order chi connectivity index (χ1) is 9.63. The second-order valence-corrected chi connectivity index (χ2v) is 5.11. The fourth-order valence-corrected chi connectivity index (χ4v) is 2.21. The van der Waals surface area contributed by atoms with Crippen molar-refractivity contribution in [1.82, 2.24) is 4.98 Å². The van der Waals surface area contributed by atoms with E-state index >= 15 is 0 Å². The van der Waals surface area contributed by atoms with E-state index in [0.29, 0.717) is 16.5 Å². The molecule has 0 radical (unpaired) electrons. The number of benzene rings is 1. The summed E-state index contributed by atoms with van der Waals surface area (Å²) < 4.78 is 0. The molecule has 2 aromatic rings. The number of halogens is 1. The first-order valence-corrected chi connectivity index (χ1v) is 7.01. The highest BCUT2D eigenvalue weighted by Crippen LogP contribution is 2.27. The third kappa shape index (κ3) is 3.17. The van der Waals surface area contributed by atoms with Crippen LogP contribution in [-0.4, -0.2) is 10.9 Å². The Morgan fingerprint density at radius 2 is 2.10 bits per heavy atom. The van der Waals surface area contributed by atoms with Gasteiger partial charge in [-0.25, -0.2) is 0 Å². The van der Waals surface area contributed by atoms with E-state index in [0.717, 1.165) is 17.7 Å². The van der Waals surface area contributed by atoms with Crippen LogP contribution in [0.15, 0.2) is 42.7 Å². The molecule has 1 aromatic carbocycles. The van der Waals surface area contributed by atoms with Crippen molar-refractivity contribution in [3.05, 3.63) is 58.9 Å². The number of carbonyl (C=O) groups is 1. The van der Waals surface area contributed by atoms with Crippen LogP contribution < -0.4 is 5.32 Å². The topological polar surface area (TPSA) is 42.0 Å². The number of rotatable bonds is 4. The minimum atomic E-state index is -0.215. The molecule has 0 bridgehead atoms. The molecule has 0 spiro atoms. The molecule has 1 aromatic heterocycles. The molecule has 104 valence electrons. The normalized spacial score (nSPS) is 11.9. The third-order valence-corrected chi connectivity index (χ3v) is 3.67. The van der Waals surface area contributed by atoms with E-state index in [4.69, 9.17) is 11.6 Å². The van der Waals surface area contributed by atoms with Crippen LogP contribution in [0.1, 0.15) is 42.1 Å². The van der Waals surface area contributed by atoms with Crippen LogP contribution in [0.25, 0.3) is 0 Å². The maximum atomic E-state index is 12.3. The molecule has 20 heavy (non-hydrogen) atoms. The summed E-state index contributed by atoms with van der Waals surface area (Å²) in [7, 11) is 0. The van der Waals surface area contributed by atoms with E-state index in [9.17, 15) is 4.79 Å². The van der Waals surface area contributed by atoms with Gasteiger partial charge in [0.05, 0.1) is 10.6 Å². The lowest BCUT2D eigenvalue weighted by atomic mass is 9.97. The molecule has 0 saturated heterocycles. The molecular weight excluding hydrogens is 272 g/mol. The monoisotopic (exact) mass is 288 g/mol. The third-order valence-electron chi connectivity index (χ3n) is 3.37. The summed E-state index contributed by atoms with van der Waals surface area (Å²) in [5.74, 6) is 0.174. The molecule has 1 amide bonds. The first-order valence-electron chi connectivity index (χ1n) is 6.63. The Bertz CT molecular complexity index is 613. The number of para-hydroxylation sites is 1. The number of anilines is 1. The largest absolute Gasteiger partial charge is 0.322 e. The van der Waals surface area contributed by atoms with Gasteiger partial charge in [0.1, 0.15) is 0 Å². The second kappa shape index (κ2) is 6.53. The van der Waals surface area contributed by atoms with Gasteiger partial charge in [0.15, 0.2) is 0 Å².